The minimum Gasteiger partial charge on any atom is -0.491 e. The van der Waals surface area contributed by atoms with Crippen molar-refractivity contribution in [1.82, 2.24) is 4.90 Å². The third kappa shape index (κ3) is 6.10. The number of nitrogens with one attached hydrogen (secondary N) is 1. The molecule has 6 heteroatoms. The SMILES string of the molecule is CN(CCOc1ccccc1Cl)CC(=O)Nc1cccc(Cl)c1. The van der Waals surface area contributed by atoms with E-state index in [-0.39, 0.29) is 12.5 Å². The van der Waals surface area contributed by atoms with Crippen LogP contribution in [0.1, 0.15) is 0 Å². The first-order valence-corrected chi connectivity index (χ1v) is 7.91. The Balaban J connectivity index is 1.73. The predicted octanol–water partition coefficient (Wildman–Crippen LogP) is 3.94. The van der Waals surface area contributed by atoms with Gasteiger partial charge in [-0.1, -0.05) is 41.4 Å². The number of carbonyl (C=O) groups is 1. The van der Waals surface area contributed by atoms with Gasteiger partial charge in [0.1, 0.15) is 12.4 Å². The van der Waals surface area contributed by atoms with E-state index in [1.54, 1.807) is 30.3 Å². The van der Waals surface area contributed by atoms with Gasteiger partial charge in [0.25, 0.3) is 0 Å². The third-order valence-corrected chi connectivity index (χ3v) is 3.64. The molecule has 2 rings (SSSR count). The fraction of sp³-hybridized carbons (Fsp3) is 0.235. The van der Waals surface area contributed by atoms with Crippen molar-refractivity contribution in [1.29, 1.82) is 0 Å². The molecule has 0 bridgehead atoms. The van der Waals surface area contributed by atoms with E-state index >= 15 is 0 Å². The highest BCUT2D eigenvalue weighted by Crippen LogP contribution is 2.22. The number of ether oxygens (including phenoxy) is 1. The fourth-order valence-electron chi connectivity index (χ4n) is 1.96. The first kappa shape index (κ1) is 17.6. The van der Waals surface area contributed by atoms with Crippen molar-refractivity contribution in [3.8, 4) is 5.75 Å². The summed E-state index contributed by atoms with van der Waals surface area (Å²) in [7, 11) is 1.85. The molecule has 122 valence electrons. The molecule has 2 aromatic carbocycles. The normalized spacial score (nSPS) is 10.6. The zero-order chi connectivity index (χ0) is 16.7. The van der Waals surface area contributed by atoms with E-state index in [0.29, 0.717) is 34.6 Å². The Bertz CT molecular complexity index is 665. The molecule has 1 amide bonds. The first-order valence-electron chi connectivity index (χ1n) is 7.16. The zero-order valence-corrected chi connectivity index (χ0v) is 14.3. The Morgan fingerprint density at radius 2 is 1.96 bits per heavy atom. The molecule has 0 aliphatic heterocycles. The number of hydrogen-bond donors (Lipinski definition) is 1. The lowest BCUT2D eigenvalue weighted by Gasteiger charge is -2.17. The lowest BCUT2D eigenvalue weighted by Crippen LogP contribution is -2.33. The van der Waals surface area contributed by atoms with E-state index in [4.69, 9.17) is 27.9 Å². The van der Waals surface area contributed by atoms with Crippen molar-refractivity contribution >= 4 is 34.8 Å². The number of para-hydroxylation sites is 1. The van der Waals surface area contributed by atoms with Crippen LogP contribution in [0.5, 0.6) is 5.75 Å². The number of hydrogen-bond acceptors (Lipinski definition) is 3. The minimum atomic E-state index is -0.104. The van der Waals surface area contributed by atoms with E-state index in [1.807, 2.05) is 30.1 Å². The summed E-state index contributed by atoms with van der Waals surface area (Å²) in [6.07, 6.45) is 0. The average molecular weight is 353 g/mol. The van der Waals surface area contributed by atoms with Gasteiger partial charge in [-0.3, -0.25) is 9.69 Å². The fourth-order valence-corrected chi connectivity index (χ4v) is 2.34. The monoisotopic (exact) mass is 352 g/mol. The average Bonchev–Trinajstić information content (AvgIpc) is 2.49. The van der Waals surface area contributed by atoms with Gasteiger partial charge in [0.15, 0.2) is 0 Å². The summed E-state index contributed by atoms with van der Waals surface area (Å²) in [5.41, 5.74) is 0.684. The van der Waals surface area contributed by atoms with Crippen molar-refractivity contribution in [3.05, 3.63) is 58.6 Å². The number of likely N-dealkylation sites (N-methyl/N-ethyl adjacent to an activating group) is 1. The molecule has 0 aliphatic rings. The molecular weight excluding hydrogens is 335 g/mol. The second-order valence-corrected chi connectivity index (χ2v) is 5.92. The lowest BCUT2D eigenvalue weighted by atomic mass is 10.3. The van der Waals surface area contributed by atoms with Crippen molar-refractivity contribution in [2.45, 2.75) is 0 Å². The van der Waals surface area contributed by atoms with Gasteiger partial charge in [0.2, 0.25) is 5.91 Å². The number of carbonyl (C=O) groups excluding carboxylic acids is 1. The van der Waals surface area contributed by atoms with Gasteiger partial charge in [-0.2, -0.15) is 0 Å². The van der Waals surface area contributed by atoms with Gasteiger partial charge < -0.3 is 10.1 Å². The Hall–Kier alpha value is -1.75. The topological polar surface area (TPSA) is 41.6 Å². The highest BCUT2D eigenvalue weighted by atomic mass is 35.5. The van der Waals surface area contributed by atoms with Gasteiger partial charge >= 0.3 is 0 Å². The molecule has 0 heterocycles. The van der Waals surface area contributed by atoms with Crippen molar-refractivity contribution in [3.63, 3.8) is 0 Å². The molecule has 0 saturated heterocycles. The molecule has 0 aliphatic carbocycles. The largest absolute Gasteiger partial charge is 0.491 e. The Labute approximate surface area is 146 Å². The molecule has 4 nitrogen and oxygen atoms in total. The summed E-state index contributed by atoms with van der Waals surface area (Å²) in [4.78, 5) is 13.8. The number of amides is 1. The van der Waals surface area contributed by atoms with Crippen molar-refractivity contribution in [2.24, 2.45) is 0 Å². The molecule has 1 N–H and O–H groups in total. The Morgan fingerprint density at radius 1 is 1.17 bits per heavy atom. The van der Waals surface area contributed by atoms with Gasteiger partial charge in [0, 0.05) is 17.3 Å². The standard InChI is InChI=1S/C17H18Cl2N2O2/c1-21(9-10-23-16-8-3-2-7-15(16)19)12-17(22)20-14-6-4-5-13(18)11-14/h2-8,11H,9-10,12H2,1H3,(H,20,22). The Morgan fingerprint density at radius 3 is 2.70 bits per heavy atom. The smallest absolute Gasteiger partial charge is 0.238 e. The molecule has 0 saturated carbocycles. The molecule has 0 unspecified atom stereocenters. The summed E-state index contributed by atoms with van der Waals surface area (Å²) in [5.74, 6) is 0.540. The number of halogens is 2. The number of anilines is 1. The first-order chi connectivity index (χ1) is 11.0. The summed E-state index contributed by atoms with van der Waals surface area (Å²) in [6.45, 7) is 1.32. The molecule has 0 atom stereocenters. The summed E-state index contributed by atoms with van der Waals surface area (Å²) in [6, 6.07) is 14.4. The van der Waals surface area contributed by atoms with Crippen LogP contribution in [0.2, 0.25) is 10.0 Å². The second kappa shape index (κ2) is 8.77. The predicted molar refractivity (Wildman–Crippen MR) is 94.5 cm³/mol. The number of nitrogens with zero attached hydrogens (tertiary/aromatic N) is 1. The Kier molecular flexibility index (Phi) is 6.71. The van der Waals surface area contributed by atoms with Gasteiger partial charge in [-0.05, 0) is 37.4 Å². The molecule has 0 radical (unpaired) electrons. The molecular formula is C17H18Cl2N2O2. The van der Waals surface area contributed by atoms with E-state index in [0.717, 1.165) is 0 Å². The highest BCUT2D eigenvalue weighted by molar-refractivity contribution is 6.32. The van der Waals surface area contributed by atoms with Crippen LogP contribution in [0.3, 0.4) is 0 Å². The van der Waals surface area contributed by atoms with E-state index in [1.165, 1.54) is 0 Å². The highest BCUT2D eigenvalue weighted by Gasteiger charge is 2.08. The van der Waals surface area contributed by atoms with E-state index in [9.17, 15) is 4.79 Å². The number of benzene rings is 2. The summed E-state index contributed by atoms with van der Waals surface area (Å²) in [5, 5.41) is 3.97. The third-order valence-electron chi connectivity index (χ3n) is 3.09. The van der Waals surface area contributed by atoms with Crippen molar-refractivity contribution in [2.75, 3.05) is 32.1 Å². The van der Waals surface area contributed by atoms with Crippen LogP contribution >= 0.6 is 23.2 Å². The quantitative estimate of drug-likeness (QED) is 0.820. The summed E-state index contributed by atoms with van der Waals surface area (Å²) >= 11 is 11.9. The minimum absolute atomic E-state index is 0.104. The van der Waals surface area contributed by atoms with Crippen LogP contribution in [0.4, 0.5) is 5.69 Å². The molecule has 23 heavy (non-hydrogen) atoms. The van der Waals surface area contributed by atoms with Crippen LogP contribution in [-0.2, 0) is 4.79 Å². The molecule has 0 aromatic heterocycles. The van der Waals surface area contributed by atoms with E-state index in [2.05, 4.69) is 5.32 Å². The van der Waals surface area contributed by atoms with Crippen LogP contribution in [-0.4, -0.2) is 37.6 Å². The van der Waals surface area contributed by atoms with Gasteiger partial charge in [-0.25, -0.2) is 0 Å². The van der Waals surface area contributed by atoms with Crippen LogP contribution < -0.4 is 10.1 Å². The van der Waals surface area contributed by atoms with E-state index < -0.39 is 0 Å². The summed E-state index contributed by atoms with van der Waals surface area (Å²) < 4.78 is 5.60. The van der Waals surface area contributed by atoms with Crippen LogP contribution in [0.15, 0.2) is 48.5 Å². The van der Waals surface area contributed by atoms with Gasteiger partial charge in [-0.15, -0.1) is 0 Å². The van der Waals surface area contributed by atoms with Crippen LogP contribution in [0, 0.1) is 0 Å². The van der Waals surface area contributed by atoms with Crippen molar-refractivity contribution < 1.29 is 9.53 Å². The maximum Gasteiger partial charge on any atom is 0.238 e. The maximum atomic E-state index is 12.0. The molecule has 0 fully saturated rings. The van der Waals surface area contributed by atoms with Gasteiger partial charge in [0.05, 0.1) is 11.6 Å². The lowest BCUT2D eigenvalue weighted by molar-refractivity contribution is -0.117. The van der Waals surface area contributed by atoms with Crippen LogP contribution in [0.25, 0.3) is 0 Å². The molecule has 2 aromatic rings. The second-order valence-electron chi connectivity index (χ2n) is 5.08. The maximum absolute atomic E-state index is 12.0. The number of rotatable bonds is 7. The zero-order valence-electron chi connectivity index (χ0n) is 12.8. The molecule has 0 spiro atoms.